The van der Waals surface area contributed by atoms with E-state index in [4.69, 9.17) is 9.84 Å². The maximum atomic E-state index is 11.5. The van der Waals surface area contributed by atoms with Crippen molar-refractivity contribution in [1.29, 1.82) is 0 Å². The van der Waals surface area contributed by atoms with E-state index in [2.05, 4.69) is 20.4 Å². The molecule has 3 N–H and O–H groups in total. The Morgan fingerprint density at radius 2 is 1.27 bits per heavy atom. The smallest absolute Gasteiger partial charge is 0.317 e. The van der Waals surface area contributed by atoms with Gasteiger partial charge in [0.2, 0.25) is 0 Å². The average Bonchev–Trinajstić information content (AvgIpc) is 2.86. The van der Waals surface area contributed by atoms with E-state index in [1.165, 1.54) is 12.0 Å². The van der Waals surface area contributed by atoms with Crippen molar-refractivity contribution >= 4 is 17.9 Å². The van der Waals surface area contributed by atoms with Gasteiger partial charge in [0.1, 0.15) is 0 Å². The van der Waals surface area contributed by atoms with Crippen LogP contribution in [0.5, 0.6) is 0 Å². The Hall–Kier alpha value is -2.79. The molecule has 0 aliphatic carbocycles. The van der Waals surface area contributed by atoms with Gasteiger partial charge in [0.05, 0.1) is 32.8 Å². The number of ether oxygens (including phenoxy) is 1. The minimum atomic E-state index is -0.982. The van der Waals surface area contributed by atoms with Crippen LogP contribution in [0.15, 0.2) is 36.4 Å². The fourth-order valence-electron chi connectivity index (χ4n) is 3.82. The second kappa shape index (κ2) is 25.0. The van der Waals surface area contributed by atoms with Crippen LogP contribution >= 0.6 is 0 Å². The van der Waals surface area contributed by atoms with Gasteiger partial charge in [-0.15, -0.1) is 6.58 Å². The zero-order valence-corrected chi connectivity index (χ0v) is 26.4. The molecule has 0 bridgehead atoms. The number of aliphatic carboxylic acids is 3. The van der Waals surface area contributed by atoms with Crippen LogP contribution in [0.25, 0.3) is 0 Å². The van der Waals surface area contributed by atoms with E-state index in [-0.39, 0.29) is 25.7 Å². The van der Waals surface area contributed by atoms with E-state index in [1.807, 2.05) is 63.8 Å². The fraction of sp³-hybridized carbons (Fsp3) is 0.645. The van der Waals surface area contributed by atoms with Crippen LogP contribution in [0.4, 0.5) is 0 Å². The molecule has 10 heteroatoms. The SMILES string of the molecule is C=C(C)C.CC.CCC.Cc1ccc(CC2CN(CC(=O)O)CCN(CC(=O)O)CCOCCN2CC(=O)O)cc1. The van der Waals surface area contributed by atoms with Gasteiger partial charge in [0, 0.05) is 38.8 Å². The van der Waals surface area contributed by atoms with E-state index in [1.54, 1.807) is 9.80 Å². The summed E-state index contributed by atoms with van der Waals surface area (Å²) in [7, 11) is 0. The lowest BCUT2D eigenvalue weighted by molar-refractivity contribution is -0.141. The summed E-state index contributed by atoms with van der Waals surface area (Å²) in [5, 5.41) is 28.0. The number of rotatable bonds is 8. The van der Waals surface area contributed by atoms with Gasteiger partial charge < -0.3 is 20.1 Å². The van der Waals surface area contributed by atoms with Gasteiger partial charge >= 0.3 is 17.9 Å². The van der Waals surface area contributed by atoms with Crippen molar-refractivity contribution in [2.75, 3.05) is 65.6 Å². The Balaban J connectivity index is 0. The fourth-order valence-corrected chi connectivity index (χ4v) is 3.82. The maximum absolute atomic E-state index is 11.5. The van der Waals surface area contributed by atoms with Crippen LogP contribution in [0, 0.1) is 6.92 Å². The minimum absolute atomic E-state index is 0.151. The molecule has 1 unspecified atom stereocenters. The van der Waals surface area contributed by atoms with Crippen LogP contribution in [-0.2, 0) is 25.5 Å². The predicted molar refractivity (Wildman–Crippen MR) is 165 cm³/mol. The lowest BCUT2D eigenvalue weighted by atomic mass is 10.0. The van der Waals surface area contributed by atoms with Crippen molar-refractivity contribution < 1.29 is 34.4 Å². The Kier molecular flexibility index (Phi) is 24.6. The molecule has 1 atom stereocenters. The van der Waals surface area contributed by atoms with Crippen LogP contribution in [0.2, 0.25) is 0 Å². The lowest BCUT2D eigenvalue weighted by Gasteiger charge is -2.36. The minimum Gasteiger partial charge on any atom is -0.480 e. The molecule has 1 saturated heterocycles. The molecule has 0 radical (unpaired) electrons. The van der Waals surface area contributed by atoms with Crippen molar-refractivity contribution in [3.8, 4) is 0 Å². The molecule has 0 aromatic heterocycles. The highest BCUT2D eigenvalue weighted by Crippen LogP contribution is 2.13. The Labute approximate surface area is 247 Å². The molecule has 0 amide bonds. The van der Waals surface area contributed by atoms with E-state index >= 15 is 0 Å². The monoisotopic (exact) mass is 581 g/mol. The van der Waals surface area contributed by atoms with Gasteiger partial charge in [-0.05, 0) is 32.8 Å². The molecule has 2 rings (SSSR count). The average molecular weight is 582 g/mol. The van der Waals surface area contributed by atoms with Crippen LogP contribution < -0.4 is 0 Å². The third kappa shape index (κ3) is 23.6. The topological polar surface area (TPSA) is 131 Å². The Bertz CT molecular complexity index is 858. The number of carboxylic acid groups (broad SMARTS) is 3. The van der Waals surface area contributed by atoms with Crippen LogP contribution in [0.1, 0.15) is 59.1 Å². The molecule has 41 heavy (non-hydrogen) atoms. The van der Waals surface area contributed by atoms with Gasteiger partial charge in [-0.3, -0.25) is 29.1 Å². The van der Waals surface area contributed by atoms with Crippen molar-refractivity contribution in [2.45, 2.75) is 67.3 Å². The summed E-state index contributed by atoms with van der Waals surface area (Å²) >= 11 is 0. The summed E-state index contributed by atoms with van der Waals surface area (Å²) in [6.45, 7) is 19.7. The van der Waals surface area contributed by atoms with Gasteiger partial charge in [-0.2, -0.15) is 0 Å². The molecule has 1 aliphatic heterocycles. The standard InChI is InChI=1S/C22H33N3O7.C4H8.C3H8.C2H6/c1-17-2-4-18(5-3-17)12-19-13-24(15-21(28)29)7-6-23(14-20(26)27)8-10-32-11-9-25(19)16-22(30)31;1-4(2)3;1-3-2;1-2/h2-5,19H,6-16H2,1H3,(H,26,27)(H,28,29)(H,30,31);1H2,2-3H3;3H2,1-2H3;1-2H3. The molecule has 236 valence electrons. The van der Waals surface area contributed by atoms with E-state index < -0.39 is 17.9 Å². The first-order valence-electron chi connectivity index (χ1n) is 14.5. The molecule has 0 spiro atoms. The number of nitrogens with zero attached hydrogens (tertiary/aromatic N) is 3. The highest BCUT2D eigenvalue weighted by atomic mass is 16.5. The summed E-state index contributed by atoms with van der Waals surface area (Å²) < 4.78 is 5.66. The first kappa shape index (κ1) is 40.3. The molecular formula is C31H55N3O7. The highest BCUT2D eigenvalue weighted by Gasteiger charge is 2.26. The van der Waals surface area contributed by atoms with E-state index in [0.29, 0.717) is 52.4 Å². The van der Waals surface area contributed by atoms with Crippen molar-refractivity contribution in [3.63, 3.8) is 0 Å². The zero-order chi connectivity index (χ0) is 31.8. The second-order valence-corrected chi connectivity index (χ2v) is 10.0. The number of hydrogen-bond acceptors (Lipinski definition) is 7. The van der Waals surface area contributed by atoms with Crippen LogP contribution in [0.3, 0.4) is 0 Å². The molecule has 1 aliphatic rings. The molecule has 1 aromatic rings. The lowest BCUT2D eigenvalue weighted by Crippen LogP contribution is -2.51. The normalized spacial score (nSPS) is 17.0. The second-order valence-electron chi connectivity index (χ2n) is 10.0. The quantitative estimate of drug-likeness (QED) is 0.385. The molecule has 0 saturated carbocycles. The van der Waals surface area contributed by atoms with E-state index in [0.717, 1.165) is 11.1 Å². The number of carboxylic acids is 3. The van der Waals surface area contributed by atoms with Crippen molar-refractivity contribution in [2.24, 2.45) is 0 Å². The molecule has 10 nitrogen and oxygen atoms in total. The summed E-state index contributed by atoms with van der Waals surface area (Å²) in [4.78, 5) is 39.5. The molecule has 1 fully saturated rings. The zero-order valence-electron chi connectivity index (χ0n) is 26.4. The highest BCUT2D eigenvalue weighted by molar-refractivity contribution is 5.70. The summed E-state index contributed by atoms with van der Waals surface area (Å²) in [6, 6.07) is 7.74. The van der Waals surface area contributed by atoms with Crippen molar-refractivity contribution in [3.05, 3.63) is 47.5 Å². The third-order valence-corrected chi connectivity index (χ3v) is 5.44. The molecule has 1 heterocycles. The van der Waals surface area contributed by atoms with Gasteiger partial charge in [0.25, 0.3) is 0 Å². The third-order valence-electron chi connectivity index (χ3n) is 5.44. The van der Waals surface area contributed by atoms with E-state index in [9.17, 15) is 24.6 Å². The van der Waals surface area contributed by atoms with Gasteiger partial charge in [0.15, 0.2) is 0 Å². The molecule has 1 aromatic carbocycles. The number of aryl methyl sites for hydroxylation is 1. The summed E-state index contributed by atoms with van der Waals surface area (Å²) in [6.07, 6.45) is 1.81. The van der Waals surface area contributed by atoms with Crippen LogP contribution in [-0.4, -0.2) is 120 Å². The first-order valence-corrected chi connectivity index (χ1v) is 14.5. The largest absolute Gasteiger partial charge is 0.480 e. The Morgan fingerprint density at radius 1 is 0.829 bits per heavy atom. The number of carbonyl (C=O) groups is 3. The Morgan fingerprint density at radius 3 is 1.76 bits per heavy atom. The van der Waals surface area contributed by atoms with Crippen molar-refractivity contribution in [1.82, 2.24) is 14.7 Å². The predicted octanol–water partition coefficient (Wildman–Crippen LogP) is 4.12. The van der Waals surface area contributed by atoms with Gasteiger partial charge in [-0.25, -0.2) is 0 Å². The summed E-state index contributed by atoms with van der Waals surface area (Å²) in [5.41, 5.74) is 3.32. The summed E-state index contributed by atoms with van der Waals surface area (Å²) in [5.74, 6) is -2.89. The van der Waals surface area contributed by atoms with Gasteiger partial charge in [-0.1, -0.05) is 69.5 Å². The maximum Gasteiger partial charge on any atom is 0.317 e. The molecular weight excluding hydrogens is 526 g/mol. The number of benzene rings is 1. The first-order chi connectivity index (χ1) is 19.4. The number of allylic oxidation sites excluding steroid dienone is 1. The number of hydrogen-bond donors (Lipinski definition) is 3.